The molecule has 0 saturated carbocycles. The third-order valence-corrected chi connectivity index (χ3v) is 3.68. The molecule has 0 fully saturated rings. The molecule has 1 aromatic heterocycles. The molecule has 23 heavy (non-hydrogen) atoms. The fourth-order valence-electron chi connectivity index (χ4n) is 1.95. The number of methoxy groups -OCH3 is 1. The number of carbonyl (C=O) groups excluding carboxylic acids is 1. The fourth-order valence-corrected chi connectivity index (χ4v) is 2.33. The third kappa shape index (κ3) is 5.26. The first kappa shape index (κ1) is 17.3. The molecule has 0 amide bonds. The van der Waals surface area contributed by atoms with E-state index in [1.54, 1.807) is 24.5 Å². The molecule has 1 aromatic carbocycles. The van der Waals surface area contributed by atoms with E-state index in [1.807, 2.05) is 12.1 Å². The van der Waals surface area contributed by atoms with Crippen LogP contribution in [0.25, 0.3) is 0 Å². The topological polar surface area (TPSA) is 63.5 Å². The molecule has 2 aromatic rings. The van der Waals surface area contributed by atoms with Crippen molar-refractivity contribution < 1.29 is 13.9 Å². The van der Waals surface area contributed by atoms with Crippen molar-refractivity contribution in [3.05, 3.63) is 52.9 Å². The summed E-state index contributed by atoms with van der Waals surface area (Å²) in [5.74, 6) is 0.515. The van der Waals surface area contributed by atoms with Crippen molar-refractivity contribution in [2.75, 3.05) is 19.0 Å². The van der Waals surface area contributed by atoms with E-state index in [-0.39, 0.29) is 0 Å². The first-order valence-corrected chi connectivity index (χ1v) is 7.84. The minimum atomic E-state index is -0.429. The lowest BCUT2D eigenvalue weighted by Gasteiger charge is -2.12. The van der Waals surface area contributed by atoms with Crippen molar-refractivity contribution in [2.24, 2.45) is 0 Å². The van der Waals surface area contributed by atoms with Crippen molar-refractivity contribution >= 4 is 40.6 Å². The van der Waals surface area contributed by atoms with Crippen LogP contribution in [0.2, 0.25) is 5.02 Å². The largest absolute Gasteiger partial charge is 0.469 e. The van der Waals surface area contributed by atoms with Crippen LogP contribution in [0.3, 0.4) is 0 Å². The lowest BCUT2D eigenvalue weighted by Crippen LogP contribution is -2.29. The molecule has 2 N–H and O–H groups in total. The summed E-state index contributed by atoms with van der Waals surface area (Å²) >= 11 is 11.3. The SMILES string of the molecule is COC(=O)c1ccc(Cl)c(NC(=S)NCCCc2ccco2)c1. The third-order valence-electron chi connectivity index (χ3n) is 3.10. The highest BCUT2D eigenvalue weighted by Gasteiger charge is 2.09. The number of aryl methyl sites for hydroxylation is 1. The Hall–Kier alpha value is -2.05. The highest BCUT2D eigenvalue weighted by Crippen LogP contribution is 2.23. The molecular weight excluding hydrogens is 336 g/mol. The van der Waals surface area contributed by atoms with Gasteiger partial charge in [-0.1, -0.05) is 11.6 Å². The van der Waals surface area contributed by atoms with E-state index in [1.165, 1.54) is 7.11 Å². The van der Waals surface area contributed by atoms with Crippen molar-refractivity contribution in [1.29, 1.82) is 0 Å². The van der Waals surface area contributed by atoms with Gasteiger partial charge in [0.15, 0.2) is 5.11 Å². The highest BCUT2D eigenvalue weighted by molar-refractivity contribution is 7.80. The van der Waals surface area contributed by atoms with Gasteiger partial charge in [0.05, 0.1) is 29.6 Å². The molecule has 0 radical (unpaired) electrons. The van der Waals surface area contributed by atoms with Crippen LogP contribution < -0.4 is 10.6 Å². The Kier molecular flexibility index (Phi) is 6.43. The lowest BCUT2D eigenvalue weighted by molar-refractivity contribution is 0.0601. The number of halogens is 1. The van der Waals surface area contributed by atoms with Crippen LogP contribution in [0.15, 0.2) is 41.0 Å². The molecule has 0 unspecified atom stereocenters. The molecule has 122 valence electrons. The van der Waals surface area contributed by atoms with Gasteiger partial charge in [0.25, 0.3) is 0 Å². The number of benzene rings is 1. The number of ether oxygens (including phenoxy) is 1. The van der Waals surface area contributed by atoms with E-state index in [0.717, 1.165) is 18.6 Å². The zero-order valence-corrected chi connectivity index (χ0v) is 14.2. The molecule has 0 bridgehead atoms. The maximum atomic E-state index is 11.5. The van der Waals surface area contributed by atoms with Crippen LogP contribution in [0.4, 0.5) is 5.69 Å². The quantitative estimate of drug-likeness (QED) is 0.470. The predicted molar refractivity (Wildman–Crippen MR) is 94.0 cm³/mol. The fraction of sp³-hybridized carbons (Fsp3) is 0.250. The number of hydrogen-bond donors (Lipinski definition) is 2. The predicted octanol–water partition coefficient (Wildman–Crippen LogP) is 3.64. The molecule has 2 rings (SSSR count). The number of furan rings is 1. The summed E-state index contributed by atoms with van der Waals surface area (Å²) in [6, 6.07) is 8.62. The van der Waals surface area contributed by atoms with Crippen LogP contribution >= 0.6 is 23.8 Å². The Morgan fingerprint density at radius 1 is 1.39 bits per heavy atom. The summed E-state index contributed by atoms with van der Waals surface area (Å²) in [6.07, 6.45) is 3.37. The molecule has 5 nitrogen and oxygen atoms in total. The van der Waals surface area contributed by atoms with Crippen LogP contribution in [-0.4, -0.2) is 24.7 Å². The molecule has 0 aliphatic rings. The monoisotopic (exact) mass is 352 g/mol. The second kappa shape index (κ2) is 8.55. The van der Waals surface area contributed by atoms with Crippen LogP contribution in [0, 0.1) is 0 Å². The van der Waals surface area contributed by atoms with E-state index in [2.05, 4.69) is 15.4 Å². The summed E-state index contributed by atoms with van der Waals surface area (Å²) in [7, 11) is 1.33. The Bertz CT molecular complexity index is 674. The highest BCUT2D eigenvalue weighted by atomic mass is 35.5. The molecule has 7 heteroatoms. The van der Waals surface area contributed by atoms with Gasteiger partial charge in [-0.3, -0.25) is 0 Å². The number of anilines is 1. The van der Waals surface area contributed by atoms with Gasteiger partial charge in [-0.2, -0.15) is 0 Å². The minimum Gasteiger partial charge on any atom is -0.469 e. The van der Waals surface area contributed by atoms with Crippen molar-refractivity contribution in [3.63, 3.8) is 0 Å². The lowest BCUT2D eigenvalue weighted by atomic mass is 10.2. The molecule has 0 atom stereocenters. The van der Waals surface area contributed by atoms with Crippen molar-refractivity contribution in [2.45, 2.75) is 12.8 Å². The molecule has 1 heterocycles. The first-order valence-electron chi connectivity index (χ1n) is 7.05. The van der Waals surface area contributed by atoms with Gasteiger partial charge in [-0.25, -0.2) is 4.79 Å². The van der Waals surface area contributed by atoms with E-state index in [4.69, 9.17) is 28.2 Å². The summed E-state index contributed by atoms with van der Waals surface area (Å²) in [4.78, 5) is 11.5. The second-order valence-corrected chi connectivity index (χ2v) is 5.57. The number of rotatable bonds is 6. The zero-order chi connectivity index (χ0) is 16.7. The van der Waals surface area contributed by atoms with E-state index in [0.29, 0.717) is 27.9 Å². The standard InChI is InChI=1S/C16H17ClN2O3S/c1-21-15(20)11-6-7-13(17)14(10-11)19-16(23)18-8-2-4-12-5-3-9-22-12/h3,5-7,9-10H,2,4,8H2,1H3,(H2,18,19,23). The van der Waals surface area contributed by atoms with Crippen LogP contribution in [0.5, 0.6) is 0 Å². The second-order valence-electron chi connectivity index (χ2n) is 4.75. The Morgan fingerprint density at radius 3 is 2.91 bits per heavy atom. The average molecular weight is 353 g/mol. The zero-order valence-electron chi connectivity index (χ0n) is 12.6. The minimum absolute atomic E-state index is 0.403. The molecular formula is C16H17ClN2O3S. The Labute approximate surface area is 145 Å². The summed E-state index contributed by atoms with van der Waals surface area (Å²) < 4.78 is 9.94. The van der Waals surface area contributed by atoms with Gasteiger partial charge >= 0.3 is 5.97 Å². The van der Waals surface area contributed by atoms with Crippen LogP contribution in [0.1, 0.15) is 22.5 Å². The van der Waals surface area contributed by atoms with Crippen molar-refractivity contribution in [3.8, 4) is 0 Å². The Morgan fingerprint density at radius 2 is 2.22 bits per heavy atom. The van der Waals surface area contributed by atoms with Crippen LogP contribution in [-0.2, 0) is 11.2 Å². The van der Waals surface area contributed by atoms with E-state index >= 15 is 0 Å². The van der Waals surface area contributed by atoms with Gasteiger partial charge in [-0.15, -0.1) is 0 Å². The first-order chi connectivity index (χ1) is 11.1. The number of esters is 1. The normalized spacial score (nSPS) is 10.2. The van der Waals surface area contributed by atoms with Gasteiger partial charge in [0.2, 0.25) is 0 Å². The molecule has 0 spiro atoms. The maximum absolute atomic E-state index is 11.5. The van der Waals surface area contributed by atoms with Gasteiger partial charge in [0.1, 0.15) is 5.76 Å². The smallest absolute Gasteiger partial charge is 0.337 e. The van der Waals surface area contributed by atoms with Gasteiger partial charge in [-0.05, 0) is 49.0 Å². The van der Waals surface area contributed by atoms with Crippen molar-refractivity contribution in [1.82, 2.24) is 5.32 Å². The Balaban J connectivity index is 1.83. The summed E-state index contributed by atoms with van der Waals surface area (Å²) in [6.45, 7) is 0.695. The summed E-state index contributed by atoms with van der Waals surface area (Å²) in [5.41, 5.74) is 0.957. The molecule has 0 saturated heterocycles. The van der Waals surface area contributed by atoms with E-state index in [9.17, 15) is 4.79 Å². The van der Waals surface area contributed by atoms with Gasteiger partial charge < -0.3 is 19.8 Å². The maximum Gasteiger partial charge on any atom is 0.337 e. The summed E-state index contributed by atoms with van der Waals surface area (Å²) in [5, 5.41) is 6.98. The number of nitrogens with one attached hydrogen (secondary N) is 2. The molecule has 0 aliphatic carbocycles. The number of thiocarbonyl (C=S) groups is 1. The van der Waals surface area contributed by atoms with E-state index < -0.39 is 5.97 Å². The van der Waals surface area contributed by atoms with Gasteiger partial charge in [0, 0.05) is 13.0 Å². The number of hydrogen-bond acceptors (Lipinski definition) is 4. The average Bonchev–Trinajstić information content (AvgIpc) is 3.06. The molecule has 0 aliphatic heterocycles. The number of carbonyl (C=O) groups is 1.